The zero-order valence-corrected chi connectivity index (χ0v) is 16.6. The molecule has 9 nitrogen and oxygen atoms in total. The molecule has 1 saturated carbocycles. The summed E-state index contributed by atoms with van der Waals surface area (Å²) < 4.78 is 4.88. The van der Waals surface area contributed by atoms with Crippen LogP contribution in [0.5, 0.6) is 0 Å². The number of ether oxygens (including phenoxy) is 1. The highest BCUT2D eigenvalue weighted by molar-refractivity contribution is 5.99. The van der Waals surface area contributed by atoms with E-state index in [-0.39, 0.29) is 18.2 Å². The molecule has 9 heteroatoms. The number of carbonyl (C=O) groups is 1. The van der Waals surface area contributed by atoms with Gasteiger partial charge in [-0.25, -0.2) is 4.79 Å². The van der Waals surface area contributed by atoms with Crippen molar-refractivity contribution >= 4 is 12.2 Å². The Labute approximate surface area is 173 Å². The number of methoxy groups -OCH3 is 1. The number of nitrogens with one attached hydrogen (secondary N) is 1. The Bertz CT molecular complexity index is 947. The van der Waals surface area contributed by atoms with Crippen LogP contribution in [0.25, 0.3) is 11.1 Å². The Balaban J connectivity index is 2.36. The number of carbonyl (C=O) groups excluding carboxylic acids is 1. The first-order valence-corrected chi connectivity index (χ1v) is 9.61. The minimum Gasteiger partial charge on any atom is -0.464 e. The molecule has 6 N–H and O–H groups in total. The van der Waals surface area contributed by atoms with Gasteiger partial charge in [0.2, 0.25) is 0 Å². The zero-order chi connectivity index (χ0) is 21.8. The highest BCUT2D eigenvalue weighted by Crippen LogP contribution is 2.47. The van der Waals surface area contributed by atoms with E-state index in [1.807, 2.05) is 0 Å². The Morgan fingerprint density at radius 2 is 1.90 bits per heavy atom. The van der Waals surface area contributed by atoms with Gasteiger partial charge in [-0.3, -0.25) is 4.99 Å². The molecule has 1 atom stereocenters. The lowest BCUT2D eigenvalue weighted by molar-refractivity contribution is 0.0585. The van der Waals surface area contributed by atoms with Gasteiger partial charge in [0.25, 0.3) is 0 Å². The summed E-state index contributed by atoms with van der Waals surface area (Å²) >= 11 is 0. The molecular weight excluding hydrogens is 392 g/mol. The van der Waals surface area contributed by atoms with Gasteiger partial charge in [0.1, 0.15) is 12.4 Å². The number of aliphatic hydroxyl groups excluding tert-OH is 5. The maximum atomic E-state index is 12.4. The van der Waals surface area contributed by atoms with Crippen molar-refractivity contribution in [3.8, 4) is 11.1 Å². The molecule has 162 valence electrons. The second kappa shape index (κ2) is 9.50. The molecule has 1 aromatic carbocycles. The van der Waals surface area contributed by atoms with E-state index in [0.29, 0.717) is 39.1 Å². The minimum atomic E-state index is -0.955. The molecule has 0 aliphatic heterocycles. The molecule has 0 radical (unpaired) electrons. The molecule has 1 heterocycles. The number of nitrogens with zero attached hydrogens (tertiary/aromatic N) is 1. The molecule has 2 aromatic rings. The number of H-pyrrole nitrogens is 1. The van der Waals surface area contributed by atoms with Crippen molar-refractivity contribution in [2.75, 3.05) is 13.8 Å². The summed E-state index contributed by atoms with van der Waals surface area (Å²) in [5.74, 6) is -0.688. The van der Waals surface area contributed by atoms with Gasteiger partial charge in [-0.2, -0.15) is 0 Å². The lowest BCUT2D eigenvalue weighted by atomic mass is 9.88. The highest BCUT2D eigenvalue weighted by atomic mass is 16.5. The maximum absolute atomic E-state index is 12.4. The van der Waals surface area contributed by atoms with Gasteiger partial charge in [-0.15, -0.1) is 0 Å². The average Bonchev–Trinajstić information content (AvgIpc) is 3.56. The molecule has 3 rings (SSSR count). The van der Waals surface area contributed by atoms with Gasteiger partial charge >= 0.3 is 5.97 Å². The van der Waals surface area contributed by atoms with Crippen LogP contribution < -0.4 is 0 Å². The number of rotatable bonds is 9. The first kappa shape index (κ1) is 22.1. The fourth-order valence-electron chi connectivity index (χ4n) is 3.76. The van der Waals surface area contributed by atoms with Crippen LogP contribution in [-0.4, -0.2) is 56.5 Å². The Hall–Kier alpha value is -2.56. The predicted octanol–water partition coefficient (Wildman–Crippen LogP) is 0.757. The van der Waals surface area contributed by atoms with E-state index < -0.39 is 32.0 Å². The minimum absolute atomic E-state index is 0.0165. The molecule has 1 aliphatic rings. The fourth-order valence-corrected chi connectivity index (χ4v) is 3.76. The third-order valence-electron chi connectivity index (χ3n) is 5.41. The van der Waals surface area contributed by atoms with Crippen LogP contribution in [0.2, 0.25) is 0 Å². The van der Waals surface area contributed by atoms with Crippen molar-refractivity contribution in [3.05, 3.63) is 45.8 Å². The van der Waals surface area contributed by atoms with Gasteiger partial charge < -0.3 is 35.3 Å². The maximum Gasteiger partial charge on any atom is 0.354 e. The highest BCUT2D eigenvalue weighted by Gasteiger charge is 2.38. The SMILES string of the molecule is COC(=O)c1[nH]c(/C=N/CO)c(-c2ccc(CO)c(CO)c2CO)c1C(O)C1CC1. The van der Waals surface area contributed by atoms with Crippen LogP contribution in [0.4, 0.5) is 0 Å². The quantitative estimate of drug-likeness (QED) is 0.259. The number of hydrogen-bond acceptors (Lipinski definition) is 8. The van der Waals surface area contributed by atoms with Crippen molar-refractivity contribution in [2.24, 2.45) is 10.9 Å². The largest absolute Gasteiger partial charge is 0.464 e. The van der Waals surface area contributed by atoms with E-state index in [1.54, 1.807) is 12.1 Å². The molecule has 1 aromatic heterocycles. The number of hydrogen-bond donors (Lipinski definition) is 6. The molecule has 30 heavy (non-hydrogen) atoms. The molecule has 0 saturated heterocycles. The average molecular weight is 418 g/mol. The second-order valence-corrected chi connectivity index (χ2v) is 7.13. The zero-order valence-electron chi connectivity index (χ0n) is 16.6. The van der Waals surface area contributed by atoms with Crippen molar-refractivity contribution < 1.29 is 35.1 Å². The van der Waals surface area contributed by atoms with Crippen molar-refractivity contribution in [1.29, 1.82) is 0 Å². The topological polar surface area (TPSA) is 156 Å². The van der Waals surface area contributed by atoms with Crippen molar-refractivity contribution in [3.63, 3.8) is 0 Å². The Morgan fingerprint density at radius 1 is 1.20 bits per heavy atom. The van der Waals surface area contributed by atoms with Gasteiger partial charge in [-0.05, 0) is 41.0 Å². The van der Waals surface area contributed by atoms with Crippen LogP contribution in [0.15, 0.2) is 17.1 Å². The summed E-state index contributed by atoms with van der Waals surface area (Å²) in [6.07, 6.45) is 2.00. The number of aliphatic imine (C=N–C) groups is 1. The van der Waals surface area contributed by atoms with Gasteiger partial charge in [0, 0.05) is 17.3 Å². The second-order valence-electron chi connectivity index (χ2n) is 7.13. The van der Waals surface area contributed by atoms with Crippen LogP contribution in [0.3, 0.4) is 0 Å². The number of benzene rings is 1. The summed E-state index contributed by atoms with van der Waals surface area (Å²) in [4.78, 5) is 19.2. The van der Waals surface area contributed by atoms with Crippen LogP contribution >= 0.6 is 0 Å². The third kappa shape index (κ3) is 4.03. The molecule has 0 amide bonds. The molecule has 0 bridgehead atoms. The summed E-state index contributed by atoms with van der Waals surface area (Å²) in [6.45, 7) is -1.65. The van der Waals surface area contributed by atoms with E-state index in [1.165, 1.54) is 13.3 Å². The predicted molar refractivity (Wildman–Crippen MR) is 108 cm³/mol. The Morgan fingerprint density at radius 3 is 2.43 bits per heavy atom. The third-order valence-corrected chi connectivity index (χ3v) is 5.41. The lowest BCUT2D eigenvalue weighted by Gasteiger charge is -2.19. The van der Waals surface area contributed by atoms with Crippen LogP contribution in [-0.2, 0) is 24.6 Å². The Kier molecular flexibility index (Phi) is 7.01. The van der Waals surface area contributed by atoms with Gasteiger partial charge in [0.15, 0.2) is 0 Å². The summed E-state index contributed by atoms with van der Waals surface area (Å²) in [5, 5.41) is 49.6. The number of aromatic nitrogens is 1. The van der Waals surface area contributed by atoms with Crippen molar-refractivity contribution in [2.45, 2.75) is 38.8 Å². The normalized spacial score (nSPS) is 15.0. The fraction of sp³-hybridized carbons (Fsp3) is 0.429. The molecule has 1 unspecified atom stereocenters. The molecule has 1 aliphatic carbocycles. The van der Waals surface area contributed by atoms with Crippen LogP contribution in [0, 0.1) is 5.92 Å². The monoisotopic (exact) mass is 418 g/mol. The van der Waals surface area contributed by atoms with Crippen LogP contribution in [0.1, 0.15) is 57.4 Å². The summed E-state index contributed by atoms with van der Waals surface area (Å²) in [6, 6.07) is 3.27. The van der Waals surface area contributed by atoms with Gasteiger partial charge in [-0.1, -0.05) is 12.1 Å². The first-order valence-electron chi connectivity index (χ1n) is 9.61. The number of aliphatic hydroxyl groups is 5. The summed E-state index contributed by atoms with van der Waals surface area (Å²) in [5.41, 5.74) is 2.82. The van der Waals surface area contributed by atoms with E-state index in [9.17, 15) is 25.2 Å². The van der Waals surface area contributed by atoms with Gasteiger partial charge in [0.05, 0.1) is 38.7 Å². The lowest BCUT2D eigenvalue weighted by Crippen LogP contribution is -2.11. The smallest absolute Gasteiger partial charge is 0.354 e. The van der Waals surface area contributed by atoms with E-state index >= 15 is 0 Å². The molecule has 0 spiro atoms. The first-order chi connectivity index (χ1) is 14.5. The number of aromatic amines is 1. The molecular formula is C21H26N2O7. The van der Waals surface area contributed by atoms with E-state index in [0.717, 1.165) is 12.8 Å². The standard InChI is InChI=1S/C21H26N2O7/c1-30-21(29)19-18(20(28)11-2-3-11)17(16(23-19)6-22-10-27)13-5-4-12(7-24)14(8-25)15(13)9-26/h4-6,11,20,23-28H,2-3,7-10H2,1H3/b22-6+. The van der Waals surface area contributed by atoms with Crippen molar-refractivity contribution in [1.82, 2.24) is 4.98 Å². The summed E-state index contributed by atoms with van der Waals surface area (Å²) in [7, 11) is 1.23. The van der Waals surface area contributed by atoms with E-state index in [4.69, 9.17) is 9.84 Å². The van der Waals surface area contributed by atoms with E-state index in [2.05, 4.69) is 9.98 Å². The number of esters is 1. The molecule has 1 fully saturated rings.